The molecule has 0 bridgehead atoms. The number of nitrogens with one attached hydrogen (secondary N) is 1. The van der Waals surface area contributed by atoms with Gasteiger partial charge in [-0.1, -0.05) is 17.7 Å². The van der Waals surface area contributed by atoms with Crippen LogP contribution in [0.25, 0.3) is 10.9 Å². The second-order valence-corrected chi connectivity index (χ2v) is 5.22. The third-order valence-corrected chi connectivity index (χ3v) is 3.60. The van der Waals surface area contributed by atoms with Gasteiger partial charge >= 0.3 is 0 Å². The van der Waals surface area contributed by atoms with E-state index in [1.165, 1.54) is 16.5 Å². The van der Waals surface area contributed by atoms with Crippen LogP contribution in [-0.4, -0.2) is 4.57 Å². The molecule has 19 heavy (non-hydrogen) atoms. The first-order valence-corrected chi connectivity index (χ1v) is 6.59. The molecule has 0 saturated carbocycles. The molecule has 2 nitrogen and oxygen atoms in total. The van der Waals surface area contributed by atoms with E-state index in [2.05, 4.69) is 54.3 Å². The van der Waals surface area contributed by atoms with Crippen molar-refractivity contribution in [3.8, 4) is 0 Å². The molecule has 0 radical (unpaired) electrons. The van der Waals surface area contributed by atoms with Gasteiger partial charge in [0.1, 0.15) is 0 Å². The molecule has 1 heterocycles. The molecule has 2 aromatic carbocycles. The van der Waals surface area contributed by atoms with Crippen molar-refractivity contribution < 1.29 is 0 Å². The Balaban J connectivity index is 1.98. The predicted octanol–water partition coefficient (Wildman–Crippen LogP) is 4.88. The average Bonchev–Trinajstić information content (AvgIpc) is 2.75. The number of hydrogen-bond donors (Lipinski definition) is 1. The minimum atomic E-state index is 0.744. The SMILES string of the molecule is Cc1ccc(Cl)cc1Nc1ccc2c(ccn2C)c1. The van der Waals surface area contributed by atoms with E-state index in [0.717, 1.165) is 16.4 Å². The summed E-state index contributed by atoms with van der Waals surface area (Å²) in [7, 11) is 2.05. The summed E-state index contributed by atoms with van der Waals surface area (Å²) in [5, 5.41) is 5.39. The Morgan fingerprint density at radius 3 is 2.74 bits per heavy atom. The Morgan fingerprint density at radius 1 is 1.05 bits per heavy atom. The number of aromatic nitrogens is 1. The summed E-state index contributed by atoms with van der Waals surface area (Å²) in [5.74, 6) is 0. The summed E-state index contributed by atoms with van der Waals surface area (Å²) in [6, 6.07) is 14.3. The first-order valence-electron chi connectivity index (χ1n) is 6.22. The lowest BCUT2D eigenvalue weighted by atomic mass is 10.2. The monoisotopic (exact) mass is 270 g/mol. The molecule has 0 spiro atoms. The van der Waals surface area contributed by atoms with E-state index in [1.807, 2.05) is 18.2 Å². The van der Waals surface area contributed by atoms with Crippen molar-refractivity contribution in [2.75, 3.05) is 5.32 Å². The van der Waals surface area contributed by atoms with Gasteiger partial charge in [-0.2, -0.15) is 0 Å². The molecule has 0 amide bonds. The highest BCUT2D eigenvalue weighted by atomic mass is 35.5. The molecule has 0 aliphatic rings. The Morgan fingerprint density at radius 2 is 1.89 bits per heavy atom. The highest BCUT2D eigenvalue weighted by Gasteiger charge is 2.03. The van der Waals surface area contributed by atoms with Crippen LogP contribution < -0.4 is 5.32 Å². The molecule has 1 N–H and O–H groups in total. The number of aryl methyl sites for hydroxylation is 2. The van der Waals surface area contributed by atoms with Gasteiger partial charge < -0.3 is 9.88 Å². The quantitative estimate of drug-likeness (QED) is 0.702. The summed E-state index contributed by atoms with van der Waals surface area (Å²) >= 11 is 6.04. The molecule has 3 rings (SSSR count). The van der Waals surface area contributed by atoms with Crippen molar-refractivity contribution in [3.05, 3.63) is 59.2 Å². The van der Waals surface area contributed by atoms with E-state index in [4.69, 9.17) is 11.6 Å². The van der Waals surface area contributed by atoms with Gasteiger partial charge in [-0.15, -0.1) is 0 Å². The molecule has 1 aromatic heterocycles. The van der Waals surface area contributed by atoms with Crippen LogP contribution in [0.5, 0.6) is 0 Å². The van der Waals surface area contributed by atoms with Gasteiger partial charge in [0, 0.05) is 40.5 Å². The molecule has 0 aliphatic carbocycles. The van der Waals surface area contributed by atoms with E-state index in [0.29, 0.717) is 0 Å². The molecule has 0 atom stereocenters. The van der Waals surface area contributed by atoms with E-state index < -0.39 is 0 Å². The Labute approximate surface area is 117 Å². The van der Waals surface area contributed by atoms with Crippen LogP contribution in [0, 0.1) is 6.92 Å². The summed E-state index contributed by atoms with van der Waals surface area (Å²) in [4.78, 5) is 0. The van der Waals surface area contributed by atoms with Crippen molar-refractivity contribution >= 4 is 33.9 Å². The van der Waals surface area contributed by atoms with Crippen LogP contribution in [-0.2, 0) is 7.05 Å². The molecule has 3 aromatic rings. The van der Waals surface area contributed by atoms with Gasteiger partial charge in [-0.05, 0) is 48.9 Å². The zero-order valence-electron chi connectivity index (χ0n) is 10.9. The van der Waals surface area contributed by atoms with Gasteiger partial charge in [0.05, 0.1) is 0 Å². The Hall–Kier alpha value is -1.93. The number of halogens is 1. The van der Waals surface area contributed by atoms with Crippen LogP contribution in [0.4, 0.5) is 11.4 Å². The number of nitrogens with zero attached hydrogens (tertiary/aromatic N) is 1. The van der Waals surface area contributed by atoms with E-state index in [-0.39, 0.29) is 0 Å². The zero-order valence-corrected chi connectivity index (χ0v) is 11.7. The van der Waals surface area contributed by atoms with Gasteiger partial charge in [0.15, 0.2) is 0 Å². The molecule has 0 fully saturated rings. The largest absolute Gasteiger partial charge is 0.355 e. The maximum absolute atomic E-state index is 6.04. The normalized spacial score (nSPS) is 10.9. The first kappa shape index (κ1) is 12.1. The molecular weight excluding hydrogens is 256 g/mol. The Kier molecular flexibility index (Phi) is 2.96. The highest BCUT2D eigenvalue weighted by Crippen LogP contribution is 2.26. The van der Waals surface area contributed by atoms with Crippen molar-refractivity contribution in [3.63, 3.8) is 0 Å². The van der Waals surface area contributed by atoms with Gasteiger partial charge in [0.2, 0.25) is 0 Å². The number of hydrogen-bond acceptors (Lipinski definition) is 1. The maximum Gasteiger partial charge on any atom is 0.0479 e. The average molecular weight is 271 g/mol. The fourth-order valence-corrected chi connectivity index (χ4v) is 2.42. The van der Waals surface area contributed by atoms with E-state index in [1.54, 1.807) is 0 Å². The number of benzene rings is 2. The lowest BCUT2D eigenvalue weighted by Gasteiger charge is -2.10. The van der Waals surface area contributed by atoms with E-state index >= 15 is 0 Å². The van der Waals surface area contributed by atoms with Gasteiger partial charge in [0.25, 0.3) is 0 Å². The third-order valence-electron chi connectivity index (χ3n) is 3.36. The van der Waals surface area contributed by atoms with Crippen molar-refractivity contribution in [1.82, 2.24) is 4.57 Å². The van der Waals surface area contributed by atoms with Crippen LogP contribution in [0.3, 0.4) is 0 Å². The second-order valence-electron chi connectivity index (χ2n) is 4.78. The third kappa shape index (κ3) is 2.32. The lowest BCUT2D eigenvalue weighted by Crippen LogP contribution is -1.93. The van der Waals surface area contributed by atoms with Crippen LogP contribution in [0.2, 0.25) is 5.02 Å². The summed E-state index contributed by atoms with van der Waals surface area (Å²) in [5.41, 5.74) is 4.53. The molecule has 3 heteroatoms. The van der Waals surface area contributed by atoms with Crippen LogP contribution in [0.1, 0.15) is 5.56 Å². The number of fused-ring (bicyclic) bond motifs is 1. The van der Waals surface area contributed by atoms with Gasteiger partial charge in [-0.25, -0.2) is 0 Å². The first-order chi connectivity index (χ1) is 9.13. The minimum Gasteiger partial charge on any atom is -0.355 e. The lowest BCUT2D eigenvalue weighted by molar-refractivity contribution is 0.969. The molecular formula is C16H15ClN2. The fourth-order valence-electron chi connectivity index (χ4n) is 2.24. The summed E-state index contributed by atoms with van der Waals surface area (Å²) in [6.45, 7) is 2.07. The maximum atomic E-state index is 6.04. The molecule has 0 aliphatic heterocycles. The van der Waals surface area contributed by atoms with E-state index in [9.17, 15) is 0 Å². The Bertz CT molecular complexity index is 744. The predicted molar refractivity (Wildman–Crippen MR) is 82.4 cm³/mol. The molecule has 0 saturated heterocycles. The highest BCUT2D eigenvalue weighted by molar-refractivity contribution is 6.30. The summed E-state index contributed by atoms with van der Waals surface area (Å²) < 4.78 is 2.11. The topological polar surface area (TPSA) is 17.0 Å². The van der Waals surface area contributed by atoms with Crippen molar-refractivity contribution in [1.29, 1.82) is 0 Å². The zero-order chi connectivity index (χ0) is 13.4. The second kappa shape index (κ2) is 4.63. The minimum absolute atomic E-state index is 0.744. The van der Waals surface area contributed by atoms with Crippen LogP contribution >= 0.6 is 11.6 Å². The van der Waals surface area contributed by atoms with Gasteiger partial charge in [-0.3, -0.25) is 0 Å². The van der Waals surface area contributed by atoms with Crippen molar-refractivity contribution in [2.24, 2.45) is 7.05 Å². The number of rotatable bonds is 2. The molecule has 0 unspecified atom stereocenters. The van der Waals surface area contributed by atoms with Crippen molar-refractivity contribution in [2.45, 2.75) is 6.92 Å². The molecule has 96 valence electrons. The smallest absolute Gasteiger partial charge is 0.0479 e. The standard InChI is InChI=1S/C16H15ClN2/c1-11-3-4-13(17)10-15(11)18-14-5-6-16-12(9-14)7-8-19(16)2/h3-10,18H,1-2H3. The number of anilines is 2. The fraction of sp³-hybridized carbons (Fsp3) is 0.125. The van der Waals surface area contributed by atoms with Crippen LogP contribution in [0.15, 0.2) is 48.7 Å². The summed E-state index contributed by atoms with van der Waals surface area (Å²) in [6.07, 6.45) is 2.07.